The number of sulfonamides is 1. The second-order valence-corrected chi connectivity index (χ2v) is 7.29. The predicted octanol–water partition coefficient (Wildman–Crippen LogP) is 2.44. The number of rotatable bonds is 5. The van der Waals surface area contributed by atoms with E-state index in [2.05, 4.69) is 9.82 Å². The fourth-order valence-electron chi connectivity index (χ4n) is 2.49. The topological polar surface area (TPSA) is 81.1 Å². The van der Waals surface area contributed by atoms with Gasteiger partial charge in [-0.05, 0) is 24.6 Å². The SMILES string of the molecule is Cc1c(C(=O)NS(=O)(=O)Cc2ccccc2)cnn1-c1ccccc1. The minimum absolute atomic E-state index is 0.223. The third kappa shape index (κ3) is 3.95. The molecule has 0 unspecified atom stereocenters. The lowest BCUT2D eigenvalue weighted by molar-refractivity contribution is 0.0981. The zero-order valence-corrected chi connectivity index (χ0v) is 14.4. The summed E-state index contributed by atoms with van der Waals surface area (Å²) < 4.78 is 28.1. The van der Waals surface area contributed by atoms with Crippen LogP contribution < -0.4 is 4.72 Å². The van der Waals surface area contributed by atoms with Crippen molar-refractivity contribution in [3.63, 3.8) is 0 Å². The zero-order chi connectivity index (χ0) is 17.9. The van der Waals surface area contributed by atoms with E-state index in [0.29, 0.717) is 11.3 Å². The lowest BCUT2D eigenvalue weighted by atomic mass is 10.2. The Kier molecular flexibility index (Phi) is 4.67. The predicted molar refractivity (Wildman–Crippen MR) is 94.8 cm³/mol. The van der Waals surface area contributed by atoms with Crippen molar-refractivity contribution in [2.24, 2.45) is 0 Å². The number of carbonyl (C=O) groups excluding carboxylic acids is 1. The molecule has 0 aliphatic heterocycles. The molecule has 0 atom stereocenters. The molecule has 1 heterocycles. The summed E-state index contributed by atoms with van der Waals surface area (Å²) in [5.74, 6) is -0.943. The van der Waals surface area contributed by atoms with E-state index in [1.54, 1.807) is 41.9 Å². The highest BCUT2D eigenvalue weighted by atomic mass is 32.2. The molecule has 0 saturated carbocycles. The monoisotopic (exact) mass is 355 g/mol. The maximum absolute atomic E-state index is 12.4. The molecule has 2 aromatic carbocycles. The minimum Gasteiger partial charge on any atom is -0.268 e. The van der Waals surface area contributed by atoms with Crippen molar-refractivity contribution in [3.05, 3.63) is 83.7 Å². The van der Waals surface area contributed by atoms with Gasteiger partial charge in [0.2, 0.25) is 10.0 Å². The Morgan fingerprint density at radius 2 is 1.64 bits per heavy atom. The van der Waals surface area contributed by atoms with Gasteiger partial charge in [-0.1, -0.05) is 48.5 Å². The molecule has 1 N–H and O–H groups in total. The first-order valence-electron chi connectivity index (χ1n) is 7.65. The van der Waals surface area contributed by atoms with E-state index in [4.69, 9.17) is 0 Å². The Morgan fingerprint density at radius 3 is 2.28 bits per heavy atom. The Labute approximate surface area is 146 Å². The van der Waals surface area contributed by atoms with Crippen LogP contribution in [0, 0.1) is 6.92 Å². The molecule has 0 fully saturated rings. The van der Waals surface area contributed by atoms with Crippen molar-refractivity contribution in [1.29, 1.82) is 0 Å². The van der Waals surface area contributed by atoms with Crippen LogP contribution in [0.3, 0.4) is 0 Å². The standard InChI is InChI=1S/C18H17N3O3S/c1-14-17(12-19-21(14)16-10-6-3-7-11-16)18(22)20-25(23,24)13-15-8-4-2-5-9-15/h2-12H,13H2,1H3,(H,20,22). The molecule has 25 heavy (non-hydrogen) atoms. The number of hydrogen-bond donors (Lipinski definition) is 1. The van der Waals surface area contributed by atoms with Crippen molar-refractivity contribution in [1.82, 2.24) is 14.5 Å². The van der Waals surface area contributed by atoms with Crippen LogP contribution in [-0.4, -0.2) is 24.1 Å². The van der Waals surface area contributed by atoms with Gasteiger partial charge in [0, 0.05) is 0 Å². The quantitative estimate of drug-likeness (QED) is 0.762. The molecule has 3 rings (SSSR count). The second-order valence-electron chi connectivity index (χ2n) is 5.57. The molecule has 0 saturated heterocycles. The number of aromatic nitrogens is 2. The lowest BCUT2D eigenvalue weighted by Gasteiger charge is -2.08. The minimum atomic E-state index is -3.79. The molecule has 1 amide bonds. The summed E-state index contributed by atoms with van der Waals surface area (Å²) in [7, 11) is -3.79. The highest BCUT2D eigenvalue weighted by molar-refractivity contribution is 7.89. The number of benzene rings is 2. The van der Waals surface area contributed by atoms with Gasteiger partial charge >= 0.3 is 0 Å². The van der Waals surface area contributed by atoms with Crippen molar-refractivity contribution in [2.45, 2.75) is 12.7 Å². The van der Waals surface area contributed by atoms with Crippen molar-refractivity contribution < 1.29 is 13.2 Å². The van der Waals surface area contributed by atoms with Gasteiger partial charge in [0.05, 0.1) is 28.9 Å². The van der Waals surface area contributed by atoms with Crippen LogP contribution in [0.15, 0.2) is 66.9 Å². The average molecular weight is 355 g/mol. The molecular formula is C18H17N3O3S. The molecule has 0 aliphatic carbocycles. The van der Waals surface area contributed by atoms with Crippen LogP contribution in [0.1, 0.15) is 21.6 Å². The molecular weight excluding hydrogens is 338 g/mol. The summed E-state index contributed by atoms with van der Waals surface area (Å²) in [5.41, 5.74) is 2.20. The summed E-state index contributed by atoms with van der Waals surface area (Å²) in [6.07, 6.45) is 1.37. The normalized spacial score (nSPS) is 11.2. The third-order valence-corrected chi connectivity index (χ3v) is 4.91. The summed E-state index contributed by atoms with van der Waals surface area (Å²) in [4.78, 5) is 12.4. The molecule has 6 nitrogen and oxygen atoms in total. The van der Waals surface area contributed by atoms with Crippen LogP contribution in [0.25, 0.3) is 5.69 Å². The number of para-hydroxylation sites is 1. The molecule has 128 valence electrons. The maximum Gasteiger partial charge on any atom is 0.268 e. The Morgan fingerprint density at radius 1 is 1.04 bits per heavy atom. The van der Waals surface area contributed by atoms with E-state index in [1.165, 1.54) is 6.20 Å². The highest BCUT2D eigenvalue weighted by Crippen LogP contribution is 2.14. The van der Waals surface area contributed by atoms with E-state index >= 15 is 0 Å². The number of hydrogen-bond acceptors (Lipinski definition) is 4. The number of amides is 1. The van der Waals surface area contributed by atoms with Crippen molar-refractivity contribution >= 4 is 15.9 Å². The van der Waals surface area contributed by atoms with Crippen molar-refractivity contribution in [2.75, 3.05) is 0 Å². The van der Waals surface area contributed by atoms with E-state index < -0.39 is 15.9 Å². The van der Waals surface area contributed by atoms with Gasteiger partial charge in [0.25, 0.3) is 5.91 Å². The van der Waals surface area contributed by atoms with Crippen LogP contribution in [0.4, 0.5) is 0 Å². The van der Waals surface area contributed by atoms with Gasteiger partial charge in [0.15, 0.2) is 0 Å². The Balaban J connectivity index is 1.79. The number of carbonyl (C=O) groups is 1. The van der Waals surface area contributed by atoms with Crippen LogP contribution in [0.5, 0.6) is 0 Å². The van der Waals surface area contributed by atoms with Gasteiger partial charge in [-0.15, -0.1) is 0 Å². The van der Waals surface area contributed by atoms with Gasteiger partial charge in [-0.2, -0.15) is 5.10 Å². The Bertz CT molecular complexity index is 981. The van der Waals surface area contributed by atoms with Gasteiger partial charge in [-0.3, -0.25) is 4.79 Å². The second kappa shape index (κ2) is 6.90. The molecule has 3 aromatic rings. The first-order chi connectivity index (χ1) is 12.0. The van der Waals surface area contributed by atoms with Crippen LogP contribution >= 0.6 is 0 Å². The average Bonchev–Trinajstić information content (AvgIpc) is 2.97. The summed E-state index contributed by atoms with van der Waals surface area (Å²) in [6, 6.07) is 18.0. The fourth-order valence-corrected chi connectivity index (χ4v) is 3.58. The van der Waals surface area contributed by atoms with E-state index in [1.807, 2.05) is 30.3 Å². The van der Waals surface area contributed by atoms with E-state index in [-0.39, 0.29) is 11.3 Å². The summed E-state index contributed by atoms with van der Waals surface area (Å²) >= 11 is 0. The molecule has 0 bridgehead atoms. The van der Waals surface area contributed by atoms with Crippen molar-refractivity contribution in [3.8, 4) is 5.69 Å². The largest absolute Gasteiger partial charge is 0.268 e. The van der Waals surface area contributed by atoms with Gasteiger partial charge in [-0.25, -0.2) is 17.8 Å². The molecule has 0 spiro atoms. The van der Waals surface area contributed by atoms with E-state index in [9.17, 15) is 13.2 Å². The smallest absolute Gasteiger partial charge is 0.268 e. The first kappa shape index (κ1) is 16.9. The summed E-state index contributed by atoms with van der Waals surface area (Å²) in [5, 5.41) is 4.18. The van der Waals surface area contributed by atoms with Gasteiger partial charge < -0.3 is 0 Å². The lowest BCUT2D eigenvalue weighted by Crippen LogP contribution is -2.31. The third-order valence-electron chi connectivity index (χ3n) is 3.70. The molecule has 7 heteroatoms. The molecule has 1 aromatic heterocycles. The highest BCUT2D eigenvalue weighted by Gasteiger charge is 2.21. The maximum atomic E-state index is 12.4. The number of nitrogens with zero attached hydrogens (tertiary/aromatic N) is 2. The van der Waals surface area contributed by atoms with Crippen LogP contribution in [0.2, 0.25) is 0 Å². The molecule has 0 aliphatic rings. The van der Waals surface area contributed by atoms with Crippen LogP contribution in [-0.2, 0) is 15.8 Å². The zero-order valence-electron chi connectivity index (χ0n) is 13.6. The Hall–Kier alpha value is -2.93. The fraction of sp³-hybridized carbons (Fsp3) is 0.111. The number of nitrogens with one attached hydrogen (secondary N) is 1. The van der Waals surface area contributed by atoms with E-state index in [0.717, 1.165) is 5.69 Å². The first-order valence-corrected chi connectivity index (χ1v) is 9.30. The van der Waals surface area contributed by atoms with Gasteiger partial charge in [0.1, 0.15) is 0 Å². The molecule has 0 radical (unpaired) electrons. The summed E-state index contributed by atoms with van der Waals surface area (Å²) in [6.45, 7) is 1.72.